The summed E-state index contributed by atoms with van der Waals surface area (Å²) in [5.41, 5.74) is 1.34. The maximum atomic E-state index is 12.5. The van der Waals surface area contributed by atoms with Gasteiger partial charge >= 0.3 is 5.69 Å². The molecule has 30 heavy (non-hydrogen) atoms. The second kappa shape index (κ2) is 7.87. The molecule has 0 fully saturated rings. The largest absolute Gasteiger partial charge is 0.487 e. The van der Waals surface area contributed by atoms with Crippen LogP contribution in [-0.4, -0.2) is 37.2 Å². The minimum atomic E-state index is -0.571. The van der Waals surface area contributed by atoms with E-state index >= 15 is 0 Å². The molecule has 2 aromatic carbocycles. The lowest BCUT2D eigenvalue weighted by Crippen LogP contribution is -2.12. The molecule has 0 aliphatic carbocycles. The molecule has 0 bridgehead atoms. The Balaban J connectivity index is 1.52. The van der Waals surface area contributed by atoms with Gasteiger partial charge in [0.15, 0.2) is 11.6 Å². The summed E-state index contributed by atoms with van der Waals surface area (Å²) < 4.78 is 6.92. The molecule has 1 N–H and O–H groups in total. The van der Waals surface area contributed by atoms with E-state index < -0.39 is 10.8 Å². The number of carbonyl (C=O) groups is 1. The van der Waals surface area contributed by atoms with Crippen LogP contribution in [0.15, 0.2) is 42.5 Å². The third-order valence-electron chi connectivity index (χ3n) is 4.25. The Morgan fingerprint density at radius 1 is 1.23 bits per heavy atom. The number of anilines is 1. The first kappa shape index (κ1) is 19.5. The van der Waals surface area contributed by atoms with Gasteiger partial charge in [-0.15, -0.1) is 10.2 Å². The SMILES string of the molecule is CCOc1ccc(C(=O)Nc2ccc(-c3nn4c(C)nnc4s3)cc2)cc1[N+](=O)[O-]. The van der Waals surface area contributed by atoms with Crippen molar-refractivity contribution in [3.63, 3.8) is 0 Å². The van der Waals surface area contributed by atoms with E-state index in [2.05, 4.69) is 20.6 Å². The molecule has 4 rings (SSSR count). The number of aromatic nitrogens is 4. The van der Waals surface area contributed by atoms with E-state index in [4.69, 9.17) is 4.74 Å². The van der Waals surface area contributed by atoms with Gasteiger partial charge in [0.1, 0.15) is 5.01 Å². The molecule has 0 atom stereocenters. The molecule has 4 aromatic rings. The van der Waals surface area contributed by atoms with Gasteiger partial charge < -0.3 is 10.1 Å². The third kappa shape index (κ3) is 3.70. The average Bonchev–Trinajstić information content (AvgIpc) is 3.31. The second-order valence-corrected chi connectivity index (χ2v) is 7.21. The van der Waals surface area contributed by atoms with Gasteiger partial charge in [-0.2, -0.15) is 9.61 Å². The number of nitrogens with zero attached hydrogens (tertiary/aromatic N) is 5. The fraction of sp³-hybridized carbons (Fsp3) is 0.158. The fourth-order valence-electron chi connectivity index (χ4n) is 2.81. The summed E-state index contributed by atoms with van der Waals surface area (Å²) in [5.74, 6) is 0.382. The van der Waals surface area contributed by atoms with Crippen LogP contribution in [-0.2, 0) is 0 Å². The predicted molar refractivity (Wildman–Crippen MR) is 111 cm³/mol. The standard InChI is InChI=1S/C19H16N6O4S/c1-3-29-16-9-6-13(10-15(16)25(27)28)17(26)20-14-7-4-12(5-8-14)18-23-24-11(2)21-22-19(24)30-18/h4-10H,3H2,1-2H3,(H,20,26). The molecule has 0 unspecified atom stereocenters. The molecule has 2 heterocycles. The zero-order valence-electron chi connectivity index (χ0n) is 16.0. The summed E-state index contributed by atoms with van der Waals surface area (Å²) in [7, 11) is 0. The molecule has 11 heteroatoms. The van der Waals surface area contributed by atoms with E-state index in [-0.39, 0.29) is 17.0 Å². The molecule has 10 nitrogen and oxygen atoms in total. The Hall–Kier alpha value is -3.86. The van der Waals surface area contributed by atoms with Crippen molar-refractivity contribution in [1.82, 2.24) is 19.8 Å². The van der Waals surface area contributed by atoms with E-state index in [0.29, 0.717) is 23.1 Å². The molecule has 0 spiro atoms. The van der Waals surface area contributed by atoms with E-state index in [1.54, 1.807) is 23.6 Å². The van der Waals surface area contributed by atoms with Crippen LogP contribution in [0.25, 0.3) is 15.5 Å². The van der Waals surface area contributed by atoms with Crippen molar-refractivity contribution in [3.8, 4) is 16.3 Å². The lowest BCUT2D eigenvalue weighted by Gasteiger charge is -2.08. The highest BCUT2D eigenvalue weighted by Gasteiger charge is 2.19. The minimum absolute atomic E-state index is 0.128. The number of nitro groups is 1. The summed E-state index contributed by atoms with van der Waals surface area (Å²) in [6.45, 7) is 3.85. The van der Waals surface area contributed by atoms with E-state index in [1.807, 2.05) is 19.1 Å². The fourth-order valence-corrected chi connectivity index (χ4v) is 3.70. The number of nitro benzene ring substituents is 1. The van der Waals surface area contributed by atoms with Crippen LogP contribution >= 0.6 is 11.3 Å². The predicted octanol–water partition coefficient (Wildman–Crippen LogP) is 3.72. The van der Waals surface area contributed by atoms with Crippen LogP contribution in [0.4, 0.5) is 11.4 Å². The molecule has 0 aliphatic heterocycles. The summed E-state index contributed by atoms with van der Waals surface area (Å²) in [6.07, 6.45) is 0. The Morgan fingerprint density at radius 3 is 2.67 bits per heavy atom. The van der Waals surface area contributed by atoms with Crippen LogP contribution < -0.4 is 10.1 Å². The highest BCUT2D eigenvalue weighted by Crippen LogP contribution is 2.29. The summed E-state index contributed by atoms with van der Waals surface area (Å²) in [5, 5.41) is 27.3. The first-order valence-electron chi connectivity index (χ1n) is 8.98. The highest BCUT2D eigenvalue weighted by molar-refractivity contribution is 7.19. The van der Waals surface area contributed by atoms with E-state index in [1.165, 1.54) is 29.5 Å². The molecule has 152 valence electrons. The minimum Gasteiger partial charge on any atom is -0.487 e. The van der Waals surface area contributed by atoms with Gasteiger partial charge in [-0.3, -0.25) is 14.9 Å². The maximum Gasteiger partial charge on any atom is 0.311 e. The van der Waals surface area contributed by atoms with Crippen molar-refractivity contribution in [2.75, 3.05) is 11.9 Å². The first-order valence-corrected chi connectivity index (χ1v) is 9.79. The second-order valence-electron chi connectivity index (χ2n) is 6.25. The molecular formula is C19H16N6O4S. The third-order valence-corrected chi connectivity index (χ3v) is 5.20. The monoisotopic (exact) mass is 424 g/mol. The zero-order chi connectivity index (χ0) is 21.3. The number of nitrogens with one attached hydrogen (secondary N) is 1. The van der Waals surface area contributed by atoms with Crippen molar-refractivity contribution in [2.24, 2.45) is 0 Å². The van der Waals surface area contributed by atoms with Gasteiger partial charge in [-0.05, 0) is 50.2 Å². The van der Waals surface area contributed by atoms with Crippen molar-refractivity contribution >= 4 is 33.6 Å². The smallest absolute Gasteiger partial charge is 0.311 e. The van der Waals surface area contributed by atoms with Crippen molar-refractivity contribution < 1.29 is 14.5 Å². The number of benzene rings is 2. The van der Waals surface area contributed by atoms with Crippen LogP contribution in [0.5, 0.6) is 5.75 Å². The summed E-state index contributed by atoms with van der Waals surface area (Å²) in [6, 6.07) is 11.3. The molecule has 0 saturated heterocycles. The Morgan fingerprint density at radius 2 is 2.00 bits per heavy atom. The number of carbonyl (C=O) groups excluding carboxylic acids is 1. The quantitative estimate of drug-likeness (QED) is 0.369. The van der Waals surface area contributed by atoms with Gasteiger partial charge in [-0.1, -0.05) is 11.3 Å². The normalized spacial score (nSPS) is 10.9. The van der Waals surface area contributed by atoms with Gasteiger partial charge in [0, 0.05) is 22.9 Å². The molecule has 0 aliphatic rings. The number of fused-ring (bicyclic) bond motifs is 1. The van der Waals surface area contributed by atoms with Crippen LogP contribution in [0, 0.1) is 17.0 Å². The number of aryl methyl sites for hydroxylation is 1. The number of rotatable bonds is 6. The summed E-state index contributed by atoms with van der Waals surface area (Å²) in [4.78, 5) is 23.9. The molecular weight excluding hydrogens is 408 g/mol. The zero-order valence-corrected chi connectivity index (χ0v) is 16.8. The van der Waals surface area contributed by atoms with Gasteiger partial charge in [-0.25, -0.2) is 0 Å². The number of amides is 1. The van der Waals surface area contributed by atoms with Gasteiger partial charge in [0.25, 0.3) is 5.91 Å². The van der Waals surface area contributed by atoms with E-state index in [0.717, 1.165) is 10.6 Å². The topological polar surface area (TPSA) is 125 Å². The Bertz CT molecular complexity index is 1250. The van der Waals surface area contributed by atoms with E-state index in [9.17, 15) is 14.9 Å². The lowest BCUT2D eigenvalue weighted by atomic mass is 10.1. The van der Waals surface area contributed by atoms with Crippen molar-refractivity contribution in [1.29, 1.82) is 0 Å². The highest BCUT2D eigenvalue weighted by atomic mass is 32.1. The number of hydrogen-bond acceptors (Lipinski definition) is 8. The Labute approximate surface area is 174 Å². The van der Waals surface area contributed by atoms with Crippen molar-refractivity contribution in [3.05, 3.63) is 64.0 Å². The average molecular weight is 424 g/mol. The molecule has 1 amide bonds. The Kier molecular flexibility index (Phi) is 5.11. The first-order chi connectivity index (χ1) is 14.5. The molecule has 2 aromatic heterocycles. The van der Waals surface area contributed by atoms with Gasteiger partial charge in [0.2, 0.25) is 4.96 Å². The maximum absolute atomic E-state index is 12.5. The number of hydrogen-bond donors (Lipinski definition) is 1. The van der Waals surface area contributed by atoms with Crippen LogP contribution in [0.2, 0.25) is 0 Å². The van der Waals surface area contributed by atoms with Crippen LogP contribution in [0.3, 0.4) is 0 Å². The summed E-state index contributed by atoms with van der Waals surface area (Å²) >= 11 is 1.41. The van der Waals surface area contributed by atoms with Gasteiger partial charge in [0.05, 0.1) is 11.5 Å². The number of ether oxygens (including phenoxy) is 1. The molecule has 0 saturated carbocycles. The molecule has 0 radical (unpaired) electrons. The lowest BCUT2D eigenvalue weighted by molar-refractivity contribution is -0.385. The van der Waals surface area contributed by atoms with Crippen LogP contribution in [0.1, 0.15) is 23.1 Å². The van der Waals surface area contributed by atoms with Crippen molar-refractivity contribution in [2.45, 2.75) is 13.8 Å².